The first kappa shape index (κ1) is 32.8. The molecule has 4 aliphatic rings. The number of benzene rings is 2. The lowest BCUT2D eigenvalue weighted by Gasteiger charge is -2.53. The smallest absolute Gasteiger partial charge is 0.164 e. The van der Waals surface area contributed by atoms with Crippen LogP contribution in [-0.4, -0.2) is 78.0 Å². The zero-order valence-corrected chi connectivity index (χ0v) is 27.0. The third-order valence-corrected chi connectivity index (χ3v) is 10.4. The topological polar surface area (TPSA) is 92.7 Å². The summed E-state index contributed by atoms with van der Waals surface area (Å²) in [5.41, 5.74) is 0.935. The average Bonchev–Trinajstić information content (AvgIpc) is 3.15. The summed E-state index contributed by atoms with van der Waals surface area (Å²) < 4.78 is 39.0. The molecular weight excluding hydrogens is 572 g/mol. The Morgan fingerprint density at radius 2 is 1.64 bits per heavy atom. The third-order valence-electron chi connectivity index (χ3n) is 10.4. The van der Waals surface area contributed by atoms with E-state index in [1.165, 1.54) is 0 Å². The minimum absolute atomic E-state index is 0.104. The SMILES string of the molecule is C[C@@H]1C[C@@H]2O[C@@H]3C[C@H](OCc4ccccc4)[C@@H](COCc4ccccc4)O[C@@]3(C)C[C@H]2O[C@@H](CC[C@@]2(C)OCCC[C@@H]2O)C1=O. The first-order valence-electron chi connectivity index (χ1n) is 16.8. The van der Waals surface area contributed by atoms with Gasteiger partial charge in [-0.25, -0.2) is 0 Å². The van der Waals surface area contributed by atoms with Crippen LogP contribution in [0.1, 0.15) is 76.8 Å². The molecule has 2 aromatic rings. The van der Waals surface area contributed by atoms with E-state index in [1.807, 2.05) is 50.2 Å². The molecule has 8 nitrogen and oxygen atoms in total. The number of Topliss-reactive ketones (excluding diaryl/α,β-unsaturated/α-hetero) is 1. The summed E-state index contributed by atoms with van der Waals surface area (Å²) in [6.45, 7) is 8.03. The quantitative estimate of drug-likeness (QED) is 0.368. The van der Waals surface area contributed by atoms with E-state index >= 15 is 0 Å². The van der Waals surface area contributed by atoms with Crippen LogP contribution in [0.3, 0.4) is 0 Å². The predicted octanol–water partition coefficient (Wildman–Crippen LogP) is 5.57. The summed E-state index contributed by atoms with van der Waals surface area (Å²) in [7, 11) is 0. The van der Waals surface area contributed by atoms with Gasteiger partial charge < -0.3 is 33.5 Å². The average molecular weight is 623 g/mol. The summed E-state index contributed by atoms with van der Waals surface area (Å²) in [5, 5.41) is 10.6. The Hall–Kier alpha value is -2.17. The van der Waals surface area contributed by atoms with E-state index < -0.39 is 23.4 Å². The Morgan fingerprint density at radius 1 is 0.933 bits per heavy atom. The van der Waals surface area contributed by atoms with E-state index in [-0.39, 0.29) is 42.2 Å². The zero-order chi connectivity index (χ0) is 31.4. The van der Waals surface area contributed by atoms with Gasteiger partial charge in [0.05, 0.1) is 61.5 Å². The molecule has 10 atom stereocenters. The van der Waals surface area contributed by atoms with Gasteiger partial charge in [-0.1, -0.05) is 67.6 Å². The molecular formula is C37H50O8. The van der Waals surface area contributed by atoms with Crippen molar-refractivity contribution >= 4 is 5.78 Å². The highest BCUT2D eigenvalue weighted by Crippen LogP contribution is 2.45. The third kappa shape index (κ3) is 7.70. The molecule has 4 fully saturated rings. The number of ether oxygens (including phenoxy) is 6. The van der Waals surface area contributed by atoms with Gasteiger partial charge in [0.15, 0.2) is 5.78 Å². The normalized spacial score (nSPS) is 38.6. The number of ketones is 1. The van der Waals surface area contributed by atoms with Crippen LogP contribution < -0.4 is 0 Å². The second-order valence-corrected chi connectivity index (χ2v) is 14.0. The van der Waals surface area contributed by atoms with Crippen molar-refractivity contribution in [2.45, 2.75) is 133 Å². The Morgan fingerprint density at radius 3 is 2.36 bits per heavy atom. The number of aliphatic hydroxyl groups is 1. The molecule has 4 heterocycles. The highest BCUT2D eigenvalue weighted by atomic mass is 16.6. The van der Waals surface area contributed by atoms with E-state index in [9.17, 15) is 9.90 Å². The summed E-state index contributed by atoms with van der Waals surface area (Å²) in [6, 6.07) is 20.3. The predicted molar refractivity (Wildman–Crippen MR) is 169 cm³/mol. The van der Waals surface area contributed by atoms with E-state index in [4.69, 9.17) is 28.4 Å². The molecule has 6 rings (SSSR count). The van der Waals surface area contributed by atoms with Crippen molar-refractivity contribution in [1.82, 2.24) is 0 Å². The van der Waals surface area contributed by atoms with Crippen LogP contribution in [0.4, 0.5) is 0 Å². The van der Waals surface area contributed by atoms with Crippen molar-refractivity contribution in [3.8, 4) is 0 Å². The van der Waals surface area contributed by atoms with Crippen LogP contribution in [0.2, 0.25) is 0 Å². The molecule has 4 saturated heterocycles. The van der Waals surface area contributed by atoms with Crippen molar-refractivity contribution in [1.29, 1.82) is 0 Å². The lowest BCUT2D eigenvalue weighted by Crippen LogP contribution is -2.63. The fraction of sp³-hybridized carbons (Fsp3) is 0.649. The van der Waals surface area contributed by atoms with E-state index in [0.717, 1.165) is 17.5 Å². The second-order valence-electron chi connectivity index (χ2n) is 14.0. The molecule has 8 heteroatoms. The van der Waals surface area contributed by atoms with Crippen LogP contribution in [0.15, 0.2) is 60.7 Å². The standard InChI is InChI=1S/C37H50O8/c1-25-19-30-31(43-28(35(25)39)16-17-36(2)33(38)15-10-18-42-36)21-37(3)34(44-30)20-29(41-23-27-13-8-5-9-14-27)32(45-37)24-40-22-26-11-6-4-7-12-26/h4-9,11-14,25,28-34,38H,10,15-24H2,1-3H3/t25-,28+,29+,30+,31-,32-,33+,34-,36-,37+/m1/s1. The summed E-state index contributed by atoms with van der Waals surface area (Å²) in [4.78, 5) is 13.5. The summed E-state index contributed by atoms with van der Waals surface area (Å²) in [6.07, 6.45) is 2.26. The van der Waals surface area contributed by atoms with Gasteiger partial charge in [-0.2, -0.15) is 0 Å². The Labute approximate surface area is 267 Å². The maximum Gasteiger partial charge on any atom is 0.164 e. The molecule has 0 bridgehead atoms. The van der Waals surface area contributed by atoms with Crippen molar-refractivity contribution in [3.05, 3.63) is 71.8 Å². The molecule has 1 N–H and O–H groups in total. The van der Waals surface area contributed by atoms with Gasteiger partial charge in [0, 0.05) is 25.4 Å². The number of fused-ring (bicyclic) bond motifs is 2. The fourth-order valence-corrected chi connectivity index (χ4v) is 7.53. The van der Waals surface area contributed by atoms with Crippen LogP contribution >= 0.6 is 0 Å². The van der Waals surface area contributed by atoms with Gasteiger partial charge in [-0.3, -0.25) is 4.79 Å². The van der Waals surface area contributed by atoms with Gasteiger partial charge in [0.1, 0.15) is 12.2 Å². The maximum atomic E-state index is 13.5. The molecule has 246 valence electrons. The van der Waals surface area contributed by atoms with Crippen LogP contribution in [0.5, 0.6) is 0 Å². The minimum atomic E-state index is -0.662. The number of carbonyl (C=O) groups excluding carboxylic acids is 1. The Kier molecular flexibility index (Phi) is 10.4. The van der Waals surface area contributed by atoms with E-state index in [0.29, 0.717) is 65.0 Å². The van der Waals surface area contributed by atoms with Crippen molar-refractivity contribution in [3.63, 3.8) is 0 Å². The molecule has 0 spiro atoms. The minimum Gasteiger partial charge on any atom is -0.390 e. The summed E-state index contributed by atoms with van der Waals surface area (Å²) in [5.74, 6) is -0.0830. The van der Waals surface area contributed by atoms with Crippen molar-refractivity contribution in [2.75, 3.05) is 13.2 Å². The molecule has 0 saturated carbocycles. The first-order chi connectivity index (χ1) is 21.7. The monoisotopic (exact) mass is 622 g/mol. The second kappa shape index (κ2) is 14.3. The molecule has 2 aromatic carbocycles. The van der Waals surface area contributed by atoms with Crippen LogP contribution in [0.25, 0.3) is 0 Å². The van der Waals surface area contributed by atoms with Gasteiger partial charge in [0.25, 0.3) is 0 Å². The van der Waals surface area contributed by atoms with Crippen LogP contribution in [-0.2, 0) is 46.4 Å². The summed E-state index contributed by atoms with van der Waals surface area (Å²) >= 11 is 0. The molecule has 0 unspecified atom stereocenters. The Bertz CT molecular complexity index is 1240. The fourth-order valence-electron chi connectivity index (χ4n) is 7.53. The van der Waals surface area contributed by atoms with Gasteiger partial charge in [0.2, 0.25) is 0 Å². The Balaban J connectivity index is 1.15. The number of carbonyl (C=O) groups is 1. The number of hydrogen-bond donors (Lipinski definition) is 1. The maximum absolute atomic E-state index is 13.5. The van der Waals surface area contributed by atoms with E-state index in [2.05, 4.69) is 31.2 Å². The highest BCUT2D eigenvalue weighted by molar-refractivity contribution is 5.85. The number of rotatable bonds is 10. The number of hydrogen-bond acceptors (Lipinski definition) is 8. The zero-order valence-electron chi connectivity index (χ0n) is 27.0. The first-order valence-corrected chi connectivity index (χ1v) is 16.8. The van der Waals surface area contributed by atoms with Gasteiger partial charge >= 0.3 is 0 Å². The van der Waals surface area contributed by atoms with Gasteiger partial charge in [-0.05, 0) is 57.1 Å². The molecule has 0 aliphatic carbocycles. The van der Waals surface area contributed by atoms with E-state index in [1.54, 1.807) is 0 Å². The molecule has 0 amide bonds. The lowest BCUT2D eigenvalue weighted by molar-refractivity contribution is -0.303. The van der Waals surface area contributed by atoms with Crippen LogP contribution in [0, 0.1) is 5.92 Å². The largest absolute Gasteiger partial charge is 0.390 e. The molecule has 0 radical (unpaired) electrons. The highest BCUT2D eigenvalue weighted by Gasteiger charge is 2.55. The lowest BCUT2D eigenvalue weighted by atomic mass is 9.79. The van der Waals surface area contributed by atoms with Gasteiger partial charge in [-0.15, -0.1) is 0 Å². The molecule has 4 aliphatic heterocycles. The molecule has 0 aromatic heterocycles. The molecule has 45 heavy (non-hydrogen) atoms. The van der Waals surface area contributed by atoms with Crippen molar-refractivity contribution < 1.29 is 38.3 Å². The number of aliphatic hydroxyl groups excluding tert-OH is 1. The van der Waals surface area contributed by atoms with Crippen molar-refractivity contribution in [2.24, 2.45) is 5.92 Å².